The number of hydrogen-bond donors (Lipinski definition) is 1. The molecule has 0 aliphatic carbocycles. The lowest BCUT2D eigenvalue weighted by Gasteiger charge is -2.37. The first-order valence-electron chi connectivity index (χ1n) is 7.56. The molecule has 4 heteroatoms. The summed E-state index contributed by atoms with van der Waals surface area (Å²) in [5.74, 6) is -0.973. The molecule has 1 fully saturated rings. The molecule has 0 unspecified atom stereocenters. The Kier molecular flexibility index (Phi) is 5.12. The maximum absolute atomic E-state index is 12.1. The van der Waals surface area contributed by atoms with Gasteiger partial charge in [-0.25, -0.2) is 4.79 Å². The first-order valence-corrected chi connectivity index (χ1v) is 7.56. The summed E-state index contributed by atoms with van der Waals surface area (Å²) in [6.07, 6.45) is 1.62. The number of benzene rings is 1. The molecule has 1 saturated heterocycles. The van der Waals surface area contributed by atoms with Crippen LogP contribution in [0.5, 0.6) is 0 Å². The molecule has 1 aliphatic rings. The van der Waals surface area contributed by atoms with Gasteiger partial charge in [0.05, 0.1) is 0 Å². The number of hydrogen-bond acceptors (Lipinski definition) is 4. The molecule has 0 atom stereocenters. The molecule has 1 aromatic carbocycles. The topological polar surface area (TPSA) is 55.4 Å². The Morgan fingerprint density at radius 2 is 1.81 bits per heavy atom. The van der Waals surface area contributed by atoms with E-state index in [0.717, 1.165) is 18.7 Å². The van der Waals surface area contributed by atoms with Crippen LogP contribution in [-0.4, -0.2) is 24.8 Å². The third-order valence-electron chi connectivity index (χ3n) is 3.82. The molecule has 0 bridgehead atoms. The molecule has 1 N–H and O–H groups in total. The van der Waals surface area contributed by atoms with Gasteiger partial charge in [-0.3, -0.25) is 4.79 Å². The van der Waals surface area contributed by atoms with Gasteiger partial charge in [-0.05, 0) is 24.6 Å². The van der Waals surface area contributed by atoms with Gasteiger partial charge in [0.15, 0.2) is 0 Å². The van der Waals surface area contributed by atoms with E-state index in [-0.39, 0.29) is 12.3 Å². The Labute approximate surface area is 125 Å². The predicted molar refractivity (Wildman–Crippen MR) is 80.8 cm³/mol. The van der Waals surface area contributed by atoms with E-state index in [4.69, 9.17) is 4.74 Å². The van der Waals surface area contributed by atoms with Gasteiger partial charge in [-0.1, -0.05) is 44.2 Å². The first-order chi connectivity index (χ1) is 10.0. The lowest BCUT2D eigenvalue weighted by atomic mass is 9.84. The average Bonchev–Trinajstić information content (AvgIpc) is 2.48. The van der Waals surface area contributed by atoms with Crippen molar-refractivity contribution in [2.24, 2.45) is 5.92 Å². The molecule has 4 nitrogen and oxygen atoms in total. The van der Waals surface area contributed by atoms with Crippen LogP contribution in [-0.2, 0) is 19.9 Å². The van der Waals surface area contributed by atoms with Gasteiger partial charge in [0, 0.05) is 19.3 Å². The van der Waals surface area contributed by atoms with Crippen molar-refractivity contribution >= 4 is 11.8 Å². The summed E-state index contributed by atoms with van der Waals surface area (Å²) in [6, 6.07) is 9.73. The minimum Gasteiger partial charge on any atom is -0.448 e. The van der Waals surface area contributed by atoms with E-state index in [1.54, 1.807) is 0 Å². The fraction of sp³-hybridized carbons (Fsp3) is 0.529. The molecule has 0 radical (unpaired) electrons. The van der Waals surface area contributed by atoms with Crippen LogP contribution >= 0.6 is 0 Å². The number of rotatable bonds is 5. The SMILES string of the molecule is CC(C)CC(=O)C(=O)OC1(c2ccccc2)CCNCC1. The highest BCUT2D eigenvalue weighted by Gasteiger charge is 2.39. The fourth-order valence-corrected chi connectivity index (χ4v) is 2.71. The standard InChI is InChI=1S/C17H23NO3/c1-13(2)12-15(19)16(20)21-17(8-10-18-11-9-17)14-6-4-3-5-7-14/h3-7,13,18H,8-12H2,1-2H3. The molecule has 1 heterocycles. The highest BCUT2D eigenvalue weighted by atomic mass is 16.6. The van der Waals surface area contributed by atoms with Crippen LogP contribution in [0.15, 0.2) is 30.3 Å². The molecule has 2 rings (SSSR count). The molecule has 0 spiro atoms. The molecular formula is C17H23NO3. The first kappa shape index (κ1) is 15.7. The molecule has 0 amide bonds. The monoisotopic (exact) mass is 289 g/mol. The number of Topliss-reactive ketones (excluding diaryl/α,β-unsaturated/α-hetero) is 1. The average molecular weight is 289 g/mol. The van der Waals surface area contributed by atoms with Crippen LogP contribution in [0.25, 0.3) is 0 Å². The van der Waals surface area contributed by atoms with Crippen LogP contribution in [0.1, 0.15) is 38.7 Å². The van der Waals surface area contributed by atoms with E-state index in [1.807, 2.05) is 44.2 Å². The van der Waals surface area contributed by atoms with Gasteiger partial charge in [0.1, 0.15) is 5.60 Å². The molecule has 1 aromatic rings. The normalized spacial score (nSPS) is 17.5. The lowest BCUT2D eigenvalue weighted by Crippen LogP contribution is -2.44. The van der Waals surface area contributed by atoms with Crippen LogP contribution in [0.4, 0.5) is 0 Å². The second-order valence-corrected chi connectivity index (χ2v) is 6.02. The van der Waals surface area contributed by atoms with Crippen molar-refractivity contribution in [2.75, 3.05) is 13.1 Å². The van der Waals surface area contributed by atoms with E-state index in [2.05, 4.69) is 5.32 Å². The summed E-state index contributed by atoms with van der Waals surface area (Å²) >= 11 is 0. The highest BCUT2D eigenvalue weighted by Crippen LogP contribution is 2.35. The van der Waals surface area contributed by atoms with Gasteiger partial charge in [0.25, 0.3) is 0 Å². The highest BCUT2D eigenvalue weighted by molar-refractivity contribution is 6.33. The molecule has 0 saturated carbocycles. The summed E-state index contributed by atoms with van der Waals surface area (Å²) in [7, 11) is 0. The van der Waals surface area contributed by atoms with E-state index < -0.39 is 17.4 Å². The Morgan fingerprint density at radius 3 is 2.38 bits per heavy atom. The maximum atomic E-state index is 12.1. The third-order valence-corrected chi connectivity index (χ3v) is 3.82. The summed E-state index contributed by atoms with van der Waals surface area (Å²) in [5.41, 5.74) is 0.299. The van der Waals surface area contributed by atoms with Crippen molar-refractivity contribution in [3.8, 4) is 0 Å². The largest absolute Gasteiger partial charge is 0.448 e. The van der Waals surface area contributed by atoms with E-state index >= 15 is 0 Å². The van der Waals surface area contributed by atoms with Gasteiger partial charge >= 0.3 is 5.97 Å². The van der Waals surface area contributed by atoms with Gasteiger partial charge in [0.2, 0.25) is 5.78 Å². The van der Waals surface area contributed by atoms with E-state index in [1.165, 1.54) is 0 Å². The second-order valence-electron chi connectivity index (χ2n) is 6.02. The number of piperidine rings is 1. The Bertz CT molecular complexity index is 490. The van der Waals surface area contributed by atoms with Crippen LogP contribution < -0.4 is 5.32 Å². The van der Waals surface area contributed by atoms with Crippen molar-refractivity contribution in [3.63, 3.8) is 0 Å². The summed E-state index contributed by atoms with van der Waals surface area (Å²) in [5, 5.41) is 3.27. The summed E-state index contributed by atoms with van der Waals surface area (Å²) in [4.78, 5) is 24.0. The van der Waals surface area contributed by atoms with Crippen LogP contribution in [0, 0.1) is 5.92 Å². The second kappa shape index (κ2) is 6.85. The Balaban J connectivity index is 2.18. The van der Waals surface area contributed by atoms with Crippen LogP contribution in [0.2, 0.25) is 0 Å². The zero-order chi connectivity index (χ0) is 15.3. The van der Waals surface area contributed by atoms with E-state index in [0.29, 0.717) is 12.8 Å². The van der Waals surface area contributed by atoms with Crippen molar-refractivity contribution in [2.45, 2.75) is 38.7 Å². The van der Waals surface area contributed by atoms with Gasteiger partial charge in [-0.15, -0.1) is 0 Å². The zero-order valence-electron chi connectivity index (χ0n) is 12.7. The molecule has 0 aromatic heterocycles. The summed E-state index contributed by atoms with van der Waals surface area (Å²) in [6.45, 7) is 5.40. The van der Waals surface area contributed by atoms with Gasteiger partial charge in [-0.2, -0.15) is 0 Å². The smallest absolute Gasteiger partial charge is 0.375 e. The minimum atomic E-state index is -0.700. The predicted octanol–water partition coefficient (Wildman–Crippen LogP) is 2.42. The minimum absolute atomic E-state index is 0.158. The number of ether oxygens (including phenoxy) is 1. The number of carbonyl (C=O) groups excluding carboxylic acids is 2. The Morgan fingerprint density at radius 1 is 1.19 bits per heavy atom. The van der Waals surface area contributed by atoms with Crippen molar-refractivity contribution in [1.82, 2.24) is 5.32 Å². The molecule has 114 valence electrons. The van der Waals surface area contributed by atoms with Crippen LogP contribution in [0.3, 0.4) is 0 Å². The lowest BCUT2D eigenvalue weighted by molar-refractivity contribution is -0.170. The van der Waals surface area contributed by atoms with Crippen molar-refractivity contribution < 1.29 is 14.3 Å². The zero-order valence-corrected chi connectivity index (χ0v) is 12.7. The molecular weight excluding hydrogens is 266 g/mol. The maximum Gasteiger partial charge on any atom is 0.375 e. The fourth-order valence-electron chi connectivity index (χ4n) is 2.71. The number of carbonyl (C=O) groups is 2. The number of nitrogens with one attached hydrogen (secondary N) is 1. The van der Waals surface area contributed by atoms with Gasteiger partial charge < -0.3 is 10.1 Å². The van der Waals surface area contributed by atoms with Crippen molar-refractivity contribution in [3.05, 3.63) is 35.9 Å². The van der Waals surface area contributed by atoms with Crippen molar-refractivity contribution in [1.29, 1.82) is 0 Å². The third kappa shape index (κ3) is 3.91. The quantitative estimate of drug-likeness (QED) is 0.668. The molecule has 1 aliphatic heterocycles. The Hall–Kier alpha value is -1.68. The van der Waals surface area contributed by atoms with E-state index in [9.17, 15) is 9.59 Å². The number of ketones is 1. The summed E-state index contributed by atoms with van der Waals surface area (Å²) < 4.78 is 5.70. The number of esters is 1. The molecule has 21 heavy (non-hydrogen) atoms.